The van der Waals surface area contributed by atoms with E-state index < -0.39 is 0 Å². The second-order valence-corrected chi connectivity index (χ2v) is 7.54. The van der Waals surface area contributed by atoms with Gasteiger partial charge in [-0.15, -0.1) is 0 Å². The largest absolute Gasteiger partial charge is 0.423 e. The van der Waals surface area contributed by atoms with Crippen LogP contribution in [0.25, 0.3) is 33.1 Å². The van der Waals surface area contributed by atoms with Gasteiger partial charge in [-0.3, -0.25) is 0 Å². The third-order valence-corrected chi connectivity index (χ3v) is 5.28. The Bertz CT molecular complexity index is 1120. The van der Waals surface area contributed by atoms with Gasteiger partial charge in [0.2, 0.25) is 0 Å². The van der Waals surface area contributed by atoms with Crippen LogP contribution in [0.15, 0.2) is 53.1 Å². The van der Waals surface area contributed by atoms with E-state index in [1.54, 1.807) is 0 Å². The first-order valence-corrected chi connectivity index (χ1v) is 9.43. The number of ether oxygens (including phenoxy) is 1. The number of oxazole rings is 1. The molecular formula is C22H23N3O2. The minimum atomic E-state index is 0.178. The molecule has 27 heavy (non-hydrogen) atoms. The molecule has 4 aromatic rings. The molecule has 3 heterocycles. The van der Waals surface area contributed by atoms with Gasteiger partial charge in [-0.1, -0.05) is 12.1 Å². The van der Waals surface area contributed by atoms with Crippen LogP contribution in [0.3, 0.4) is 0 Å². The topological polar surface area (TPSA) is 43.4 Å². The van der Waals surface area contributed by atoms with Crippen LogP contribution in [-0.4, -0.2) is 34.8 Å². The smallest absolute Gasteiger partial charge is 0.298 e. The number of aromatic nitrogens is 2. The van der Waals surface area contributed by atoms with Crippen molar-refractivity contribution < 1.29 is 9.15 Å². The van der Waals surface area contributed by atoms with E-state index in [-0.39, 0.29) is 12.2 Å². The summed E-state index contributed by atoms with van der Waals surface area (Å²) in [6.07, 6.45) is 2.44. The van der Waals surface area contributed by atoms with Crippen molar-refractivity contribution >= 4 is 28.0 Å². The Kier molecular flexibility index (Phi) is 3.72. The van der Waals surface area contributed by atoms with Crippen molar-refractivity contribution in [3.63, 3.8) is 0 Å². The molecule has 0 aliphatic carbocycles. The molecule has 1 fully saturated rings. The maximum atomic E-state index is 6.02. The van der Waals surface area contributed by atoms with E-state index >= 15 is 0 Å². The quantitative estimate of drug-likeness (QED) is 0.523. The number of morpholine rings is 1. The van der Waals surface area contributed by atoms with Crippen LogP contribution in [0.1, 0.15) is 13.8 Å². The monoisotopic (exact) mass is 361 g/mol. The fraction of sp³-hybridized carbons (Fsp3) is 0.318. The maximum Gasteiger partial charge on any atom is 0.298 e. The highest BCUT2D eigenvalue weighted by Crippen LogP contribution is 2.30. The van der Waals surface area contributed by atoms with Gasteiger partial charge in [0.25, 0.3) is 6.01 Å². The Morgan fingerprint density at radius 2 is 1.70 bits per heavy atom. The van der Waals surface area contributed by atoms with Crippen molar-refractivity contribution in [1.82, 2.24) is 9.55 Å². The van der Waals surface area contributed by atoms with Crippen molar-refractivity contribution in [2.24, 2.45) is 7.05 Å². The van der Waals surface area contributed by atoms with E-state index in [2.05, 4.69) is 73.0 Å². The van der Waals surface area contributed by atoms with E-state index in [0.717, 1.165) is 29.8 Å². The molecule has 2 aromatic heterocycles. The second-order valence-electron chi connectivity index (χ2n) is 7.54. The molecule has 0 radical (unpaired) electrons. The normalized spacial score (nSPS) is 20.6. The molecule has 5 heteroatoms. The van der Waals surface area contributed by atoms with E-state index in [4.69, 9.17) is 14.1 Å². The number of hydrogen-bond acceptors (Lipinski definition) is 4. The van der Waals surface area contributed by atoms with Gasteiger partial charge in [0.1, 0.15) is 5.52 Å². The third-order valence-electron chi connectivity index (χ3n) is 5.28. The highest BCUT2D eigenvalue weighted by Gasteiger charge is 2.25. The minimum absolute atomic E-state index is 0.178. The lowest BCUT2D eigenvalue weighted by Gasteiger charge is -2.34. The highest BCUT2D eigenvalue weighted by molar-refractivity contribution is 5.88. The molecule has 0 bridgehead atoms. The zero-order chi connectivity index (χ0) is 18.5. The fourth-order valence-electron chi connectivity index (χ4n) is 4.03. The van der Waals surface area contributed by atoms with Crippen LogP contribution in [0.5, 0.6) is 0 Å². The first-order chi connectivity index (χ1) is 13.1. The van der Waals surface area contributed by atoms with Crippen molar-refractivity contribution in [3.8, 4) is 11.1 Å². The average Bonchev–Trinajstić information content (AvgIpc) is 3.24. The molecule has 1 aliphatic heterocycles. The minimum Gasteiger partial charge on any atom is -0.423 e. The lowest BCUT2D eigenvalue weighted by Crippen LogP contribution is -2.45. The fourth-order valence-corrected chi connectivity index (χ4v) is 4.03. The molecule has 0 saturated carbocycles. The summed E-state index contributed by atoms with van der Waals surface area (Å²) in [4.78, 5) is 6.93. The molecule has 5 rings (SSSR count). The lowest BCUT2D eigenvalue weighted by atomic mass is 10.0. The Balaban J connectivity index is 1.51. The number of rotatable bonds is 2. The van der Waals surface area contributed by atoms with E-state index in [9.17, 15) is 0 Å². The zero-order valence-electron chi connectivity index (χ0n) is 15.8. The SMILES string of the molecule is C[C@@H]1CN(c2nc3cc(-c4ccc5c(ccn5C)c4)ccc3o2)C[C@H](C)O1. The summed E-state index contributed by atoms with van der Waals surface area (Å²) in [6.45, 7) is 5.77. The van der Waals surface area contributed by atoms with Crippen LogP contribution in [0.2, 0.25) is 0 Å². The van der Waals surface area contributed by atoms with Crippen molar-refractivity contribution in [3.05, 3.63) is 48.7 Å². The van der Waals surface area contributed by atoms with Crippen LogP contribution < -0.4 is 4.90 Å². The molecule has 0 spiro atoms. The average molecular weight is 361 g/mol. The number of fused-ring (bicyclic) bond motifs is 2. The number of aryl methyl sites for hydroxylation is 1. The summed E-state index contributed by atoms with van der Waals surface area (Å²) in [7, 11) is 2.07. The molecule has 1 saturated heterocycles. The van der Waals surface area contributed by atoms with Crippen molar-refractivity contribution in [1.29, 1.82) is 0 Å². The van der Waals surface area contributed by atoms with Gasteiger partial charge in [-0.2, -0.15) is 4.98 Å². The zero-order valence-corrected chi connectivity index (χ0v) is 15.8. The van der Waals surface area contributed by atoms with Gasteiger partial charge in [0, 0.05) is 37.2 Å². The molecule has 2 aromatic carbocycles. The summed E-state index contributed by atoms with van der Waals surface area (Å²) < 4.78 is 14.0. The maximum absolute atomic E-state index is 6.02. The molecule has 5 nitrogen and oxygen atoms in total. The molecule has 0 amide bonds. The standard InChI is InChI=1S/C22H23N3O2/c1-14-12-25(13-15(2)26-14)22-23-19-11-17(5-7-21(19)27-22)16-4-6-20-18(10-16)8-9-24(20)3/h4-11,14-15H,12-13H2,1-3H3/t14-,15+. The van der Waals surface area contributed by atoms with Gasteiger partial charge in [-0.05, 0) is 55.3 Å². The molecule has 0 N–H and O–H groups in total. The number of benzene rings is 2. The summed E-state index contributed by atoms with van der Waals surface area (Å²) in [5.41, 5.74) is 5.29. The Labute approximate surface area is 158 Å². The summed E-state index contributed by atoms with van der Waals surface area (Å²) in [5, 5.41) is 1.24. The van der Waals surface area contributed by atoms with Crippen LogP contribution in [0.4, 0.5) is 6.01 Å². The van der Waals surface area contributed by atoms with E-state index in [1.165, 1.54) is 16.5 Å². The predicted molar refractivity (Wildman–Crippen MR) is 108 cm³/mol. The molecule has 0 unspecified atom stereocenters. The molecule has 1 aliphatic rings. The summed E-state index contributed by atoms with van der Waals surface area (Å²) in [5.74, 6) is 0. The Morgan fingerprint density at radius 3 is 2.52 bits per heavy atom. The van der Waals surface area contributed by atoms with Gasteiger partial charge >= 0.3 is 0 Å². The molecule has 138 valence electrons. The van der Waals surface area contributed by atoms with Crippen LogP contribution >= 0.6 is 0 Å². The summed E-state index contributed by atoms with van der Waals surface area (Å²) >= 11 is 0. The van der Waals surface area contributed by atoms with Gasteiger partial charge < -0.3 is 18.6 Å². The third kappa shape index (κ3) is 2.88. The molecule has 2 atom stereocenters. The number of anilines is 1. The molecular weight excluding hydrogens is 338 g/mol. The number of nitrogens with zero attached hydrogens (tertiary/aromatic N) is 3. The highest BCUT2D eigenvalue weighted by atomic mass is 16.5. The summed E-state index contributed by atoms with van der Waals surface area (Å²) in [6, 6.07) is 15.6. The van der Waals surface area contributed by atoms with Crippen molar-refractivity contribution in [2.75, 3.05) is 18.0 Å². The van der Waals surface area contributed by atoms with E-state index in [1.807, 2.05) is 6.07 Å². The van der Waals surface area contributed by atoms with Crippen LogP contribution in [0, 0.1) is 0 Å². The first kappa shape index (κ1) is 16.4. The lowest BCUT2D eigenvalue weighted by molar-refractivity contribution is -0.00662. The number of hydrogen-bond donors (Lipinski definition) is 0. The Morgan fingerprint density at radius 1 is 0.963 bits per heavy atom. The second kappa shape index (κ2) is 6.13. The van der Waals surface area contributed by atoms with Crippen molar-refractivity contribution in [2.45, 2.75) is 26.1 Å². The Hall–Kier alpha value is -2.79. The first-order valence-electron chi connectivity index (χ1n) is 9.43. The van der Waals surface area contributed by atoms with E-state index in [0.29, 0.717) is 6.01 Å². The van der Waals surface area contributed by atoms with Gasteiger partial charge in [0.05, 0.1) is 12.2 Å². The van der Waals surface area contributed by atoms with Gasteiger partial charge in [0.15, 0.2) is 5.58 Å². The van der Waals surface area contributed by atoms with Crippen LogP contribution in [-0.2, 0) is 11.8 Å². The predicted octanol–water partition coefficient (Wildman–Crippen LogP) is 4.60. The van der Waals surface area contributed by atoms with Gasteiger partial charge in [-0.25, -0.2) is 0 Å².